The number of nitrogens with zero attached hydrogens (tertiary/aromatic N) is 1. The van der Waals surface area contributed by atoms with Crippen LogP contribution < -0.4 is 11.1 Å². The topological polar surface area (TPSA) is 58.4 Å². The van der Waals surface area contributed by atoms with E-state index in [1.165, 1.54) is 0 Å². The summed E-state index contributed by atoms with van der Waals surface area (Å²) in [6, 6.07) is 7.71. The van der Waals surface area contributed by atoms with Gasteiger partial charge in [-0.3, -0.25) is 0 Å². The lowest BCUT2D eigenvalue weighted by Crippen LogP contribution is -2.36. The number of amides is 2. The fraction of sp³-hybridized carbons (Fsp3) is 0.588. The summed E-state index contributed by atoms with van der Waals surface area (Å²) in [5.41, 5.74) is 7.72. The van der Waals surface area contributed by atoms with Crippen molar-refractivity contribution in [2.75, 3.05) is 18.4 Å². The molecule has 1 aromatic carbocycles. The van der Waals surface area contributed by atoms with Crippen LogP contribution in [0.1, 0.15) is 58.1 Å². The molecule has 0 spiro atoms. The third-order valence-electron chi connectivity index (χ3n) is 3.51. The number of hydrogen-bond acceptors (Lipinski definition) is 2. The first kappa shape index (κ1) is 17.5. The van der Waals surface area contributed by atoms with Gasteiger partial charge in [0, 0.05) is 24.8 Å². The maximum Gasteiger partial charge on any atom is 0.321 e. The van der Waals surface area contributed by atoms with E-state index in [2.05, 4.69) is 19.2 Å². The van der Waals surface area contributed by atoms with E-state index in [1.54, 1.807) is 0 Å². The first-order chi connectivity index (χ1) is 10.1. The Kier molecular flexibility index (Phi) is 7.83. The van der Waals surface area contributed by atoms with Crippen LogP contribution in [0.4, 0.5) is 10.5 Å². The smallest absolute Gasteiger partial charge is 0.321 e. The largest absolute Gasteiger partial charge is 0.325 e. The Balaban J connectivity index is 2.68. The van der Waals surface area contributed by atoms with Crippen molar-refractivity contribution < 1.29 is 4.79 Å². The number of hydrogen-bond donors (Lipinski definition) is 2. The van der Waals surface area contributed by atoms with Gasteiger partial charge in [-0.1, -0.05) is 38.8 Å². The van der Waals surface area contributed by atoms with Gasteiger partial charge in [0.1, 0.15) is 0 Å². The number of benzene rings is 1. The highest BCUT2D eigenvalue weighted by Gasteiger charge is 2.12. The number of anilines is 1. The fourth-order valence-electron chi connectivity index (χ4n) is 2.12. The van der Waals surface area contributed by atoms with Crippen LogP contribution in [0.2, 0.25) is 0 Å². The van der Waals surface area contributed by atoms with Crippen LogP contribution in [0.3, 0.4) is 0 Å². The number of carbonyl (C=O) groups excluding carboxylic acids is 1. The second-order valence-electron chi connectivity index (χ2n) is 5.54. The summed E-state index contributed by atoms with van der Waals surface area (Å²) in [6.07, 6.45) is 4.26. The molecule has 4 nitrogen and oxygen atoms in total. The number of rotatable bonds is 8. The summed E-state index contributed by atoms with van der Waals surface area (Å²) in [4.78, 5) is 14.3. The molecule has 1 unspecified atom stereocenters. The first-order valence-electron chi connectivity index (χ1n) is 8.00. The van der Waals surface area contributed by atoms with Gasteiger partial charge in [-0.25, -0.2) is 4.79 Å². The minimum atomic E-state index is -0.0295. The van der Waals surface area contributed by atoms with Crippen LogP contribution in [-0.2, 0) is 0 Å². The third-order valence-corrected chi connectivity index (χ3v) is 3.51. The maximum absolute atomic E-state index is 12.4. The molecule has 3 N–H and O–H groups in total. The molecule has 118 valence electrons. The van der Waals surface area contributed by atoms with Crippen LogP contribution in [0.25, 0.3) is 0 Å². The van der Waals surface area contributed by atoms with Crippen molar-refractivity contribution in [2.24, 2.45) is 5.73 Å². The molecule has 0 aromatic heterocycles. The summed E-state index contributed by atoms with van der Waals surface area (Å²) < 4.78 is 0. The molecule has 1 aromatic rings. The molecule has 0 aliphatic rings. The van der Waals surface area contributed by atoms with E-state index in [-0.39, 0.29) is 12.1 Å². The number of nitrogens with two attached hydrogens (primary N) is 1. The minimum Gasteiger partial charge on any atom is -0.325 e. The molecule has 0 fully saturated rings. The standard InChI is InChI=1S/C17H29N3O/c1-4-6-11-20(12-7-5-2)17(21)19-16-10-8-9-15(13-16)14(3)18/h8-10,13-14H,4-7,11-12,18H2,1-3H3,(H,19,21). The van der Waals surface area contributed by atoms with Crippen LogP contribution in [0, 0.1) is 0 Å². The van der Waals surface area contributed by atoms with Crippen molar-refractivity contribution in [2.45, 2.75) is 52.5 Å². The van der Waals surface area contributed by atoms with E-state index in [4.69, 9.17) is 5.73 Å². The molecule has 0 bridgehead atoms. The molecule has 0 saturated carbocycles. The SMILES string of the molecule is CCCCN(CCCC)C(=O)Nc1cccc(C(C)N)c1. The molecular formula is C17H29N3O. The van der Waals surface area contributed by atoms with Gasteiger partial charge >= 0.3 is 6.03 Å². The second-order valence-corrected chi connectivity index (χ2v) is 5.54. The molecule has 0 aliphatic heterocycles. The Hall–Kier alpha value is -1.55. The normalized spacial score (nSPS) is 12.0. The Morgan fingerprint density at radius 1 is 1.24 bits per heavy atom. The summed E-state index contributed by atoms with van der Waals surface area (Å²) in [6.45, 7) is 7.85. The minimum absolute atomic E-state index is 0.0151. The first-order valence-corrected chi connectivity index (χ1v) is 8.00. The van der Waals surface area contributed by atoms with Crippen molar-refractivity contribution in [3.63, 3.8) is 0 Å². The highest BCUT2D eigenvalue weighted by Crippen LogP contribution is 2.16. The average molecular weight is 291 g/mol. The zero-order valence-electron chi connectivity index (χ0n) is 13.6. The highest BCUT2D eigenvalue weighted by atomic mass is 16.2. The van der Waals surface area contributed by atoms with Gasteiger partial charge in [0.25, 0.3) is 0 Å². The molecule has 0 heterocycles. The quantitative estimate of drug-likeness (QED) is 0.756. The second kappa shape index (κ2) is 9.40. The maximum atomic E-state index is 12.4. The molecule has 1 rings (SSSR count). The monoisotopic (exact) mass is 291 g/mol. The molecule has 0 aliphatic carbocycles. The van der Waals surface area contributed by atoms with Crippen molar-refractivity contribution >= 4 is 11.7 Å². The molecule has 2 amide bonds. The molecule has 1 atom stereocenters. The average Bonchev–Trinajstić information content (AvgIpc) is 2.47. The summed E-state index contributed by atoms with van der Waals surface area (Å²) in [5.74, 6) is 0. The predicted octanol–water partition coefficient (Wildman–Crippen LogP) is 4.14. The zero-order valence-corrected chi connectivity index (χ0v) is 13.6. The lowest BCUT2D eigenvalue weighted by molar-refractivity contribution is 0.210. The van der Waals surface area contributed by atoms with E-state index in [0.29, 0.717) is 0 Å². The van der Waals surface area contributed by atoms with Crippen molar-refractivity contribution in [3.05, 3.63) is 29.8 Å². The van der Waals surface area contributed by atoms with Crippen LogP contribution in [-0.4, -0.2) is 24.0 Å². The fourth-order valence-corrected chi connectivity index (χ4v) is 2.12. The van der Waals surface area contributed by atoms with Crippen molar-refractivity contribution in [3.8, 4) is 0 Å². The van der Waals surface area contributed by atoms with Gasteiger partial charge in [0.05, 0.1) is 0 Å². The number of unbranched alkanes of at least 4 members (excludes halogenated alkanes) is 2. The predicted molar refractivity (Wildman–Crippen MR) is 89.5 cm³/mol. The van der Waals surface area contributed by atoms with Gasteiger partial charge in [-0.2, -0.15) is 0 Å². The molecule has 0 saturated heterocycles. The Morgan fingerprint density at radius 2 is 1.86 bits per heavy atom. The number of carbonyl (C=O) groups is 1. The number of nitrogens with one attached hydrogen (secondary N) is 1. The lowest BCUT2D eigenvalue weighted by Gasteiger charge is -2.23. The van der Waals surface area contributed by atoms with Crippen LogP contribution in [0.5, 0.6) is 0 Å². The van der Waals surface area contributed by atoms with Crippen molar-refractivity contribution in [1.29, 1.82) is 0 Å². The molecular weight excluding hydrogens is 262 g/mol. The van der Waals surface area contributed by atoms with Gasteiger partial charge in [0.2, 0.25) is 0 Å². The Bertz CT molecular complexity index is 424. The molecule has 21 heavy (non-hydrogen) atoms. The van der Waals surface area contributed by atoms with E-state index < -0.39 is 0 Å². The summed E-state index contributed by atoms with van der Waals surface area (Å²) >= 11 is 0. The lowest BCUT2D eigenvalue weighted by atomic mass is 10.1. The van der Waals surface area contributed by atoms with E-state index in [0.717, 1.165) is 50.0 Å². The zero-order chi connectivity index (χ0) is 15.7. The van der Waals surface area contributed by atoms with E-state index in [9.17, 15) is 4.79 Å². The van der Waals surface area contributed by atoms with E-state index in [1.807, 2.05) is 36.1 Å². The van der Waals surface area contributed by atoms with Crippen molar-refractivity contribution in [1.82, 2.24) is 4.90 Å². The third kappa shape index (κ3) is 6.17. The Labute approximate surface area is 128 Å². The summed E-state index contributed by atoms with van der Waals surface area (Å²) in [5, 5.41) is 2.99. The van der Waals surface area contributed by atoms with Gasteiger partial charge in [0.15, 0.2) is 0 Å². The van der Waals surface area contributed by atoms with Gasteiger partial charge in [-0.05, 0) is 37.5 Å². The summed E-state index contributed by atoms with van der Waals surface area (Å²) in [7, 11) is 0. The number of urea groups is 1. The molecule has 4 heteroatoms. The van der Waals surface area contributed by atoms with Crippen LogP contribution in [0.15, 0.2) is 24.3 Å². The van der Waals surface area contributed by atoms with Gasteiger partial charge < -0.3 is 16.0 Å². The molecule has 0 radical (unpaired) electrons. The highest BCUT2D eigenvalue weighted by molar-refractivity contribution is 5.89. The van der Waals surface area contributed by atoms with Gasteiger partial charge in [-0.15, -0.1) is 0 Å². The van der Waals surface area contributed by atoms with E-state index >= 15 is 0 Å². The Morgan fingerprint density at radius 3 is 2.38 bits per heavy atom. The van der Waals surface area contributed by atoms with Crippen LogP contribution >= 0.6 is 0 Å².